The Balaban J connectivity index is 2.36. The predicted molar refractivity (Wildman–Crippen MR) is 65.5 cm³/mol. The number of hydrogen-bond donors (Lipinski definition) is 2. The van der Waals surface area contributed by atoms with E-state index in [2.05, 4.69) is 20.5 Å². The molecule has 0 aliphatic heterocycles. The van der Waals surface area contributed by atoms with Crippen molar-refractivity contribution in [2.24, 2.45) is 4.99 Å². The molecule has 1 aromatic carbocycles. The van der Waals surface area contributed by atoms with E-state index in [4.69, 9.17) is 5.26 Å². The van der Waals surface area contributed by atoms with Crippen molar-refractivity contribution in [2.45, 2.75) is 0 Å². The van der Waals surface area contributed by atoms with Gasteiger partial charge >= 0.3 is 0 Å². The summed E-state index contributed by atoms with van der Waals surface area (Å²) in [5.41, 5.74) is 1.71. The molecule has 2 N–H and O–H groups in total. The molecule has 6 heteroatoms. The maximum atomic E-state index is 8.51. The van der Waals surface area contributed by atoms with Crippen LogP contribution < -0.4 is 5.32 Å². The highest BCUT2D eigenvalue weighted by atomic mass is 32.2. The number of nitrogens with zero attached hydrogens (tertiary/aromatic N) is 3. The van der Waals surface area contributed by atoms with Crippen LogP contribution in [0.3, 0.4) is 0 Å². The second kappa shape index (κ2) is 4.68. The zero-order chi connectivity index (χ0) is 11.4. The number of nitrogens with one attached hydrogen (secondary N) is 2. The normalized spacial score (nSPS) is 11.4. The lowest BCUT2D eigenvalue weighted by Crippen LogP contribution is -2.12. The van der Waals surface area contributed by atoms with Crippen LogP contribution in [-0.4, -0.2) is 21.6 Å². The van der Waals surface area contributed by atoms with Gasteiger partial charge in [0.25, 0.3) is 0 Å². The second-order valence-corrected chi connectivity index (χ2v) is 3.79. The number of aromatic amines is 1. The van der Waals surface area contributed by atoms with E-state index in [0.717, 1.165) is 16.6 Å². The van der Waals surface area contributed by atoms with Crippen LogP contribution >= 0.6 is 11.8 Å². The van der Waals surface area contributed by atoms with Gasteiger partial charge in [0.2, 0.25) is 0 Å². The quantitative estimate of drug-likeness (QED) is 0.340. The van der Waals surface area contributed by atoms with Gasteiger partial charge in [0, 0.05) is 5.39 Å². The molecule has 0 unspecified atom stereocenters. The molecule has 0 atom stereocenters. The van der Waals surface area contributed by atoms with Crippen LogP contribution in [0, 0.1) is 11.5 Å². The van der Waals surface area contributed by atoms with E-state index in [1.165, 1.54) is 11.8 Å². The molecule has 1 aromatic heterocycles. The van der Waals surface area contributed by atoms with Gasteiger partial charge in [-0.3, -0.25) is 10.4 Å². The summed E-state index contributed by atoms with van der Waals surface area (Å²) in [6.45, 7) is 0. The Hall–Kier alpha value is -2.00. The molecule has 2 aromatic rings. The maximum absolute atomic E-state index is 8.51. The van der Waals surface area contributed by atoms with E-state index in [-0.39, 0.29) is 0 Å². The number of rotatable bonds is 1. The molecule has 80 valence electrons. The summed E-state index contributed by atoms with van der Waals surface area (Å²) in [6, 6.07) is 5.70. The largest absolute Gasteiger partial charge is 0.278 e. The fraction of sp³-hybridized carbons (Fsp3) is 0.100. The first kappa shape index (κ1) is 10.5. The van der Waals surface area contributed by atoms with Crippen molar-refractivity contribution in [3.8, 4) is 6.19 Å². The van der Waals surface area contributed by atoms with Gasteiger partial charge in [0.05, 0.1) is 17.4 Å². The fourth-order valence-electron chi connectivity index (χ4n) is 1.28. The monoisotopic (exact) mass is 231 g/mol. The molecular formula is C10H9N5S. The van der Waals surface area contributed by atoms with Gasteiger partial charge in [0.1, 0.15) is 0 Å². The third-order valence-corrected chi connectivity index (χ3v) is 2.59. The first-order valence-electron chi connectivity index (χ1n) is 4.54. The fourth-order valence-corrected chi connectivity index (χ4v) is 1.63. The zero-order valence-electron chi connectivity index (χ0n) is 8.56. The molecule has 0 spiro atoms. The molecule has 0 aliphatic carbocycles. The molecule has 0 bridgehead atoms. The van der Waals surface area contributed by atoms with Crippen LogP contribution in [0.5, 0.6) is 0 Å². The molecule has 0 saturated heterocycles. The van der Waals surface area contributed by atoms with Gasteiger partial charge < -0.3 is 0 Å². The first-order valence-corrected chi connectivity index (χ1v) is 5.77. The van der Waals surface area contributed by atoms with Gasteiger partial charge in [0.15, 0.2) is 11.4 Å². The van der Waals surface area contributed by atoms with E-state index in [1.54, 1.807) is 6.20 Å². The molecular weight excluding hydrogens is 222 g/mol. The van der Waals surface area contributed by atoms with Gasteiger partial charge in [-0.25, -0.2) is 4.99 Å². The molecule has 16 heavy (non-hydrogen) atoms. The minimum absolute atomic E-state index is 0.571. The standard InChI is InChI=1S/C10H9N5S/c1-16-10(12-6-11)14-8-3-2-7-5-13-15-9(7)4-8/h2-5H,1H3,(H,12,14)(H,13,15). The lowest BCUT2D eigenvalue weighted by Gasteiger charge is -1.99. The van der Waals surface area contributed by atoms with Crippen molar-refractivity contribution in [2.75, 3.05) is 6.26 Å². The average molecular weight is 231 g/mol. The number of nitriles is 1. The van der Waals surface area contributed by atoms with Crippen molar-refractivity contribution in [3.05, 3.63) is 24.4 Å². The summed E-state index contributed by atoms with van der Waals surface area (Å²) in [5, 5.41) is 19.4. The molecule has 0 radical (unpaired) electrons. The topological polar surface area (TPSA) is 76.9 Å². The Morgan fingerprint density at radius 3 is 3.25 bits per heavy atom. The number of hydrogen-bond acceptors (Lipinski definition) is 4. The Morgan fingerprint density at radius 2 is 2.50 bits per heavy atom. The van der Waals surface area contributed by atoms with Gasteiger partial charge in [-0.15, -0.1) is 0 Å². The van der Waals surface area contributed by atoms with Crippen LogP contribution in [0.15, 0.2) is 29.4 Å². The maximum Gasteiger partial charge on any atom is 0.183 e. The van der Waals surface area contributed by atoms with Crippen molar-refractivity contribution in [3.63, 3.8) is 0 Å². The Morgan fingerprint density at radius 1 is 1.62 bits per heavy atom. The molecule has 5 nitrogen and oxygen atoms in total. The third kappa shape index (κ3) is 2.15. The third-order valence-electron chi connectivity index (χ3n) is 2.01. The summed E-state index contributed by atoms with van der Waals surface area (Å²) in [6.07, 6.45) is 5.46. The van der Waals surface area contributed by atoms with E-state index in [0.29, 0.717) is 5.17 Å². The molecule has 2 rings (SSSR count). The van der Waals surface area contributed by atoms with Crippen molar-refractivity contribution < 1.29 is 0 Å². The number of benzene rings is 1. The minimum Gasteiger partial charge on any atom is -0.278 e. The summed E-state index contributed by atoms with van der Waals surface area (Å²) in [4.78, 5) is 4.29. The zero-order valence-corrected chi connectivity index (χ0v) is 9.38. The van der Waals surface area contributed by atoms with Crippen LogP contribution in [0.4, 0.5) is 5.69 Å². The molecule has 1 heterocycles. The highest BCUT2D eigenvalue weighted by Crippen LogP contribution is 2.19. The van der Waals surface area contributed by atoms with Crippen molar-refractivity contribution in [1.82, 2.24) is 15.5 Å². The number of thioether (sulfide) groups is 1. The Bertz CT molecular complexity index is 566. The highest BCUT2D eigenvalue weighted by molar-refractivity contribution is 8.13. The van der Waals surface area contributed by atoms with E-state index >= 15 is 0 Å². The van der Waals surface area contributed by atoms with Crippen LogP contribution in [0.1, 0.15) is 0 Å². The number of fused-ring (bicyclic) bond motifs is 1. The smallest absolute Gasteiger partial charge is 0.183 e. The van der Waals surface area contributed by atoms with Gasteiger partial charge in [-0.2, -0.15) is 10.4 Å². The number of aromatic nitrogens is 2. The molecule has 0 saturated carbocycles. The number of H-pyrrole nitrogens is 1. The SMILES string of the molecule is CSC(=Nc1ccc2cn[nH]c2c1)NC#N. The van der Waals surface area contributed by atoms with E-state index in [1.807, 2.05) is 30.6 Å². The summed E-state index contributed by atoms with van der Waals surface area (Å²) in [5.74, 6) is 0. The Labute approximate surface area is 96.6 Å². The van der Waals surface area contributed by atoms with Gasteiger partial charge in [-0.05, 0) is 24.5 Å². The first-order chi connectivity index (χ1) is 7.83. The molecule has 0 fully saturated rings. The van der Waals surface area contributed by atoms with E-state index < -0.39 is 0 Å². The highest BCUT2D eigenvalue weighted by Gasteiger charge is 1.99. The van der Waals surface area contributed by atoms with Crippen LogP contribution in [0.25, 0.3) is 10.9 Å². The van der Waals surface area contributed by atoms with Crippen LogP contribution in [-0.2, 0) is 0 Å². The van der Waals surface area contributed by atoms with E-state index in [9.17, 15) is 0 Å². The van der Waals surface area contributed by atoms with Crippen molar-refractivity contribution >= 4 is 33.5 Å². The molecule has 0 amide bonds. The minimum atomic E-state index is 0.571. The lowest BCUT2D eigenvalue weighted by atomic mass is 10.2. The molecule has 0 aliphatic rings. The van der Waals surface area contributed by atoms with Crippen LogP contribution in [0.2, 0.25) is 0 Å². The lowest BCUT2D eigenvalue weighted by molar-refractivity contribution is 1.12. The second-order valence-electron chi connectivity index (χ2n) is 3.00. The van der Waals surface area contributed by atoms with Crippen molar-refractivity contribution in [1.29, 1.82) is 5.26 Å². The summed E-state index contributed by atoms with van der Waals surface area (Å²) >= 11 is 1.39. The number of amidine groups is 1. The Kier molecular flexibility index (Phi) is 3.08. The summed E-state index contributed by atoms with van der Waals surface area (Å²) in [7, 11) is 0. The summed E-state index contributed by atoms with van der Waals surface area (Å²) < 4.78 is 0. The number of aliphatic imine (C=N–C) groups is 1. The average Bonchev–Trinajstić information content (AvgIpc) is 2.75. The van der Waals surface area contributed by atoms with Gasteiger partial charge in [-0.1, -0.05) is 11.8 Å². The predicted octanol–water partition coefficient (Wildman–Crippen LogP) is 1.98.